The van der Waals surface area contributed by atoms with Gasteiger partial charge in [-0.05, 0) is 24.1 Å². The highest BCUT2D eigenvalue weighted by atomic mass is 79.9. The lowest BCUT2D eigenvalue weighted by Gasteiger charge is -2.05. The Balaban J connectivity index is 2.14. The maximum atomic E-state index is 12.2. The molecular formula is C14H15BrN2O. The summed E-state index contributed by atoms with van der Waals surface area (Å²) in [7, 11) is 0. The van der Waals surface area contributed by atoms with Crippen LogP contribution >= 0.6 is 15.9 Å². The van der Waals surface area contributed by atoms with Crippen molar-refractivity contribution < 1.29 is 4.79 Å². The van der Waals surface area contributed by atoms with Gasteiger partial charge in [0.2, 0.25) is 5.78 Å². The van der Waals surface area contributed by atoms with Crippen LogP contribution in [0.15, 0.2) is 41.1 Å². The van der Waals surface area contributed by atoms with E-state index in [0.717, 1.165) is 23.0 Å². The summed E-state index contributed by atoms with van der Waals surface area (Å²) in [6.07, 6.45) is 4.93. The minimum absolute atomic E-state index is 0.0616. The van der Waals surface area contributed by atoms with E-state index in [0.29, 0.717) is 12.2 Å². The Bertz CT molecular complexity index is 548. The monoisotopic (exact) mass is 306 g/mol. The second-order valence-electron chi connectivity index (χ2n) is 4.17. The number of carbonyl (C=O) groups excluding carboxylic acids is 1. The average Bonchev–Trinajstić information content (AvgIpc) is 2.78. The van der Waals surface area contributed by atoms with Crippen LogP contribution in [0, 0.1) is 0 Å². The number of carbonyl (C=O) groups is 1. The first-order valence-corrected chi connectivity index (χ1v) is 6.78. The van der Waals surface area contributed by atoms with Crippen molar-refractivity contribution >= 4 is 21.7 Å². The molecule has 0 radical (unpaired) electrons. The lowest BCUT2D eigenvalue weighted by Crippen LogP contribution is -2.12. The first-order chi connectivity index (χ1) is 8.70. The lowest BCUT2D eigenvalue weighted by atomic mass is 10.1. The number of nitrogens with zero attached hydrogens (tertiary/aromatic N) is 2. The number of benzene rings is 1. The topological polar surface area (TPSA) is 34.9 Å². The average molecular weight is 307 g/mol. The van der Waals surface area contributed by atoms with E-state index in [2.05, 4.69) is 27.8 Å². The van der Waals surface area contributed by atoms with Crippen molar-refractivity contribution in [2.24, 2.45) is 0 Å². The first kappa shape index (κ1) is 13.0. The van der Waals surface area contributed by atoms with E-state index in [1.807, 2.05) is 35.0 Å². The number of ketones is 1. The Hall–Kier alpha value is -1.42. The van der Waals surface area contributed by atoms with Crippen molar-refractivity contribution in [2.45, 2.75) is 26.3 Å². The van der Waals surface area contributed by atoms with Crippen LogP contribution in [0.5, 0.6) is 0 Å². The standard InChI is InChI=1S/C14H15BrN2O/c1-2-7-17-8-6-16-14(17)13(18)10-11-4-3-5-12(15)9-11/h3-6,8-9H,2,7,10H2,1H3. The number of aryl methyl sites for hydroxylation is 1. The summed E-state index contributed by atoms with van der Waals surface area (Å²) in [5.41, 5.74) is 1.00. The summed E-state index contributed by atoms with van der Waals surface area (Å²) in [6, 6.07) is 7.80. The number of hydrogen-bond donors (Lipinski definition) is 0. The molecule has 2 rings (SSSR count). The van der Waals surface area contributed by atoms with Gasteiger partial charge < -0.3 is 4.57 Å². The molecule has 94 valence electrons. The number of imidazole rings is 1. The highest BCUT2D eigenvalue weighted by Crippen LogP contribution is 2.13. The SMILES string of the molecule is CCCn1ccnc1C(=O)Cc1cccc(Br)c1. The van der Waals surface area contributed by atoms with Crippen molar-refractivity contribution in [3.8, 4) is 0 Å². The van der Waals surface area contributed by atoms with Gasteiger partial charge in [0, 0.05) is 29.8 Å². The summed E-state index contributed by atoms with van der Waals surface area (Å²) in [4.78, 5) is 16.3. The fourth-order valence-electron chi connectivity index (χ4n) is 1.89. The van der Waals surface area contributed by atoms with E-state index >= 15 is 0 Å². The first-order valence-electron chi connectivity index (χ1n) is 5.99. The van der Waals surface area contributed by atoms with E-state index in [1.54, 1.807) is 6.20 Å². The van der Waals surface area contributed by atoms with Crippen LogP contribution in [0.25, 0.3) is 0 Å². The molecule has 18 heavy (non-hydrogen) atoms. The predicted octanol–water partition coefficient (Wildman–Crippen LogP) is 3.48. The molecule has 1 heterocycles. The second-order valence-corrected chi connectivity index (χ2v) is 5.09. The third-order valence-corrected chi connectivity index (χ3v) is 3.18. The molecule has 0 unspecified atom stereocenters. The van der Waals surface area contributed by atoms with Crippen LogP contribution in [0.1, 0.15) is 29.5 Å². The van der Waals surface area contributed by atoms with Crippen molar-refractivity contribution in [1.82, 2.24) is 9.55 Å². The van der Waals surface area contributed by atoms with Crippen molar-refractivity contribution in [3.05, 3.63) is 52.5 Å². The molecule has 0 atom stereocenters. The van der Waals surface area contributed by atoms with Gasteiger partial charge in [-0.1, -0.05) is 35.0 Å². The quantitative estimate of drug-likeness (QED) is 0.793. The molecular weight excluding hydrogens is 292 g/mol. The zero-order chi connectivity index (χ0) is 13.0. The maximum Gasteiger partial charge on any atom is 0.202 e. The van der Waals surface area contributed by atoms with Crippen LogP contribution in [0.4, 0.5) is 0 Å². The predicted molar refractivity (Wildman–Crippen MR) is 74.7 cm³/mol. The molecule has 0 saturated heterocycles. The van der Waals surface area contributed by atoms with Gasteiger partial charge in [0.25, 0.3) is 0 Å². The van der Waals surface area contributed by atoms with Gasteiger partial charge in [-0.25, -0.2) is 4.98 Å². The third kappa shape index (κ3) is 3.07. The van der Waals surface area contributed by atoms with E-state index in [9.17, 15) is 4.79 Å². The van der Waals surface area contributed by atoms with Gasteiger partial charge in [-0.15, -0.1) is 0 Å². The molecule has 0 amide bonds. The molecule has 0 saturated carbocycles. The molecule has 0 aliphatic rings. The van der Waals surface area contributed by atoms with Crippen LogP contribution in [0.2, 0.25) is 0 Å². The van der Waals surface area contributed by atoms with Crippen LogP contribution in [-0.4, -0.2) is 15.3 Å². The number of rotatable bonds is 5. The van der Waals surface area contributed by atoms with Crippen LogP contribution < -0.4 is 0 Å². The molecule has 2 aromatic rings. The fourth-order valence-corrected chi connectivity index (χ4v) is 2.34. The van der Waals surface area contributed by atoms with E-state index in [-0.39, 0.29) is 5.78 Å². The normalized spacial score (nSPS) is 10.6. The highest BCUT2D eigenvalue weighted by molar-refractivity contribution is 9.10. The third-order valence-electron chi connectivity index (χ3n) is 2.68. The van der Waals surface area contributed by atoms with Gasteiger partial charge in [0.05, 0.1) is 0 Å². The fraction of sp³-hybridized carbons (Fsp3) is 0.286. The van der Waals surface area contributed by atoms with Gasteiger partial charge in [0.15, 0.2) is 5.82 Å². The Morgan fingerprint density at radius 1 is 1.44 bits per heavy atom. The smallest absolute Gasteiger partial charge is 0.202 e. The van der Waals surface area contributed by atoms with Crippen molar-refractivity contribution in [2.75, 3.05) is 0 Å². The lowest BCUT2D eigenvalue weighted by molar-refractivity contribution is 0.0979. The molecule has 3 nitrogen and oxygen atoms in total. The van der Waals surface area contributed by atoms with Gasteiger partial charge >= 0.3 is 0 Å². The van der Waals surface area contributed by atoms with Gasteiger partial charge in [-0.3, -0.25) is 4.79 Å². The zero-order valence-corrected chi connectivity index (χ0v) is 11.9. The van der Waals surface area contributed by atoms with E-state index in [1.165, 1.54) is 0 Å². The molecule has 1 aromatic carbocycles. The summed E-state index contributed by atoms with van der Waals surface area (Å²) in [5, 5.41) is 0. The minimum Gasteiger partial charge on any atom is -0.329 e. The number of Topliss-reactive ketones (excluding diaryl/α,β-unsaturated/α-hetero) is 1. The molecule has 0 fully saturated rings. The number of halogens is 1. The summed E-state index contributed by atoms with van der Waals surface area (Å²) in [6.45, 7) is 2.92. The van der Waals surface area contributed by atoms with Crippen molar-refractivity contribution in [1.29, 1.82) is 0 Å². The summed E-state index contributed by atoms with van der Waals surface area (Å²) < 4.78 is 2.91. The van der Waals surface area contributed by atoms with Crippen LogP contribution in [-0.2, 0) is 13.0 Å². The largest absolute Gasteiger partial charge is 0.329 e. The second kappa shape index (κ2) is 5.96. The van der Waals surface area contributed by atoms with Crippen LogP contribution in [0.3, 0.4) is 0 Å². The van der Waals surface area contributed by atoms with Gasteiger partial charge in [0.1, 0.15) is 0 Å². The Morgan fingerprint density at radius 2 is 2.28 bits per heavy atom. The molecule has 4 heteroatoms. The Morgan fingerprint density at radius 3 is 3.00 bits per heavy atom. The highest BCUT2D eigenvalue weighted by Gasteiger charge is 2.13. The number of hydrogen-bond acceptors (Lipinski definition) is 2. The molecule has 0 aliphatic carbocycles. The molecule has 0 aliphatic heterocycles. The maximum absolute atomic E-state index is 12.2. The molecule has 0 bridgehead atoms. The number of aromatic nitrogens is 2. The summed E-state index contributed by atoms with van der Waals surface area (Å²) >= 11 is 3.41. The molecule has 1 aromatic heterocycles. The van der Waals surface area contributed by atoms with Crippen molar-refractivity contribution in [3.63, 3.8) is 0 Å². The Labute approximate surface area is 115 Å². The Kier molecular flexibility index (Phi) is 4.31. The summed E-state index contributed by atoms with van der Waals surface area (Å²) in [5.74, 6) is 0.614. The molecule has 0 N–H and O–H groups in total. The van der Waals surface area contributed by atoms with E-state index in [4.69, 9.17) is 0 Å². The minimum atomic E-state index is 0.0616. The zero-order valence-electron chi connectivity index (χ0n) is 10.3. The molecule has 0 spiro atoms. The van der Waals surface area contributed by atoms with E-state index < -0.39 is 0 Å². The van der Waals surface area contributed by atoms with Gasteiger partial charge in [-0.2, -0.15) is 0 Å².